The van der Waals surface area contributed by atoms with Crippen LogP contribution in [-0.2, 0) is 26.0 Å². The monoisotopic (exact) mass is 394 g/mol. The molecule has 2 fully saturated rings. The fraction of sp³-hybridized carbons (Fsp3) is 0.625. The molecule has 1 aromatic carbocycles. The fourth-order valence-electron chi connectivity index (χ4n) is 3.01. The predicted octanol–water partition coefficient (Wildman–Crippen LogP) is 1.47. The summed E-state index contributed by atoms with van der Waals surface area (Å²) in [6, 6.07) is 6.29. The highest BCUT2D eigenvalue weighted by atomic mass is 32.2. The molecular formula is C16H21F3N2O4S. The van der Waals surface area contributed by atoms with Crippen molar-refractivity contribution in [2.24, 2.45) is 0 Å². The summed E-state index contributed by atoms with van der Waals surface area (Å²) in [6.45, 7) is 1.88. The van der Waals surface area contributed by atoms with Crippen LogP contribution in [0, 0.1) is 0 Å². The first-order valence-electron chi connectivity index (χ1n) is 8.34. The van der Waals surface area contributed by atoms with E-state index in [0.29, 0.717) is 39.4 Å². The van der Waals surface area contributed by atoms with Gasteiger partial charge in [-0.15, -0.1) is 0 Å². The van der Waals surface area contributed by atoms with Gasteiger partial charge < -0.3 is 9.47 Å². The van der Waals surface area contributed by atoms with E-state index in [-0.39, 0.29) is 18.0 Å². The lowest BCUT2D eigenvalue weighted by Gasteiger charge is -2.33. The van der Waals surface area contributed by atoms with Crippen LogP contribution in [-0.4, -0.2) is 75.9 Å². The molecule has 0 spiro atoms. The van der Waals surface area contributed by atoms with Gasteiger partial charge in [0.2, 0.25) is 10.0 Å². The quantitative estimate of drug-likeness (QED) is 0.774. The molecule has 0 aromatic heterocycles. The smallest absolute Gasteiger partial charge is 0.379 e. The van der Waals surface area contributed by atoms with Gasteiger partial charge in [0, 0.05) is 32.7 Å². The van der Waals surface area contributed by atoms with E-state index in [1.807, 2.05) is 0 Å². The molecule has 10 heteroatoms. The summed E-state index contributed by atoms with van der Waals surface area (Å²) in [7, 11) is -3.57. The number of nitrogens with zero attached hydrogens (tertiary/aromatic N) is 2. The summed E-state index contributed by atoms with van der Waals surface area (Å²) < 4.78 is 74.8. The molecule has 0 unspecified atom stereocenters. The number of benzene rings is 1. The molecule has 1 aromatic rings. The van der Waals surface area contributed by atoms with Gasteiger partial charge >= 0.3 is 6.18 Å². The van der Waals surface area contributed by atoms with E-state index in [4.69, 9.17) is 9.47 Å². The van der Waals surface area contributed by atoms with Gasteiger partial charge in [-0.2, -0.15) is 17.5 Å². The maximum Gasteiger partial charge on any atom is 0.415 e. The minimum atomic E-state index is -4.38. The molecule has 0 amide bonds. The van der Waals surface area contributed by atoms with Gasteiger partial charge in [-0.25, -0.2) is 8.42 Å². The van der Waals surface area contributed by atoms with Gasteiger partial charge in [-0.1, -0.05) is 12.1 Å². The lowest BCUT2D eigenvalue weighted by atomic mass is 10.2. The van der Waals surface area contributed by atoms with E-state index >= 15 is 0 Å². The number of ether oxygens (including phenoxy) is 2. The van der Waals surface area contributed by atoms with Crippen molar-refractivity contribution in [3.05, 3.63) is 29.8 Å². The van der Waals surface area contributed by atoms with Crippen molar-refractivity contribution in [1.82, 2.24) is 9.21 Å². The summed E-state index contributed by atoms with van der Waals surface area (Å²) >= 11 is 0. The first-order valence-corrected chi connectivity index (χ1v) is 9.78. The normalized spacial score (nSPS) is 23.9. The van der Waals surface area contributed by atoms with Crippen molar-refractivity contribution >= 4 is 10.0 Å². The Morgan fingerprint density at radius 3 is 2.31 bits per heavy atom. The van der Waals surface area contributed by atoms with Crippen LogP contribution in [0.4, 0.5) is 13.2 Å². The Bertz CT molecular complexity index is 703. The van der Waals surface area contributed by atoms with Gasteiger partial charge in [-0.3, -0.25) is 4.90 Å². The highest BCUT2D eigenvalue weighted by molar-refractivity contribution is 7.89. The Morgan fingerprint density at radius 2 is 1.69 bits per heavy atom. The molecule has 0 aliphatic carbocycles. The van der Waals surface area contributed by atoms with Crippen LogP contribution < -0.4 is 0 Å². The number of alkyl halides is 3. The van der Waals surface area contributed by atoms with Crippen molar-refractivity contribution < 1.29 is 31.1 Å². The molecule has 3 rings (SSSR count). The van der Waals surface area contributed by atoms with Crippen LogP contribution in [0.5, 0.6) is 0 Å². The number of morpholine rings is 2. The topological polar surface area (TPSA) is 59.1 Å². The van der Waals surface area contributed by atoms with E-state index in [1.165, 1.54) is 16.4 Å². The maximum absolute atomic E-state index is 12.8. The highest BCUT2D eigenvalue weighted by Gasteiger charge is 2.43. The van der Waals surface area contributed by atoms with E-state index in [1.54, 1.807) is 17.0 Å². The Kier molecular flexibility index (Phi) is 5.88. The number of halogens is 3. The second-order valence-electron chi connectivity index (χ2n) is 6.30. The molecule has 2 saturated heterocycles. The van der Waals surface area contributed by atoms with Crippen molar-refractivity contribution in [2.45, 2.75) is 23.7 Å². The third kappa shape index (κ3) is 4.55. The van der Waals surface area contributed by atoms with Gasteiger partial charge in [0.1, 0.15) is 0 Å². The number of sulfonamides is 1. The number of hydrogen-bond acceptors (Lipinski definition) is 5. The van der Waals surface area contributed by atoms with Crippen molar-refractivity contribution in [1.29, 1.82) is 0 Å². The predicted molar refractivity (Wildman–Crippen MR) is 87.1 cm³/mol. The average Bonchev–Trinajstić information content (AvgIpc) is 2.62. The molecule has 2 aliphatic rings. The maximum atomic E-state index is 12.8. The van der Waals surface area contributed by atoms with Crippen LogP contribution in [0.3, 0.4) is 0 Å². The van der Waals surface area contributed by atoms with Crippen LogP contribution in [0.2, 0.25) is 0 Å². The number of hydrogen-bond donors (Lipinski definition) is 0. The molecule has 6 nitrogen and oxygen atoms in total. The van der Waals surface area contributed by atoms with E-state index < -0.39 is 22.3 Å². The molecule has 0 N–H and O–H groups in total. The van der Waals surface area contributed by atoms with Gasteiger partial charge in [0.25, 0.3) is 0 Å². The molecule has 2 heterocycles. The molecule has 146 valence electrons. The van der Waals surface area contributed by atoms with Crippen LogP contribution in [0.15, 0.2) is 29.2 Å². The summed E-state index contributed by atoms with van der Waals surface area (Å²) in [5, 5.41) is 0. The first-order chi connectivity index (χ1) is 12.3. The Balaban J connectivity index is 1.64. The van der Waals surface area contributed by atoms with E-state index in [2.05, 4.69) is 0 Å². The highest BCUT2D eigenvalue weighted by Crippen LogP contribution is 2.26. The van der Waals surface area contributed by atoms with Crippen molar-refractivity contribution in [3.8, 4) is 0 Å². The second-order valence-corrected chi connectivity index (χ2v) is 8.23. The van der Waals surface area contributed by atoms with Crippen molar-refractivity contribution in [3.63, 3.8) is 0 Å². The zero-order valence-electron chi connectivity index (χ0n) is 14.1. The Labute approximate surface area is 150 Å². The van der Waals surface area contributed by atoms with E-state index in [0.717, 1.165) is 5.56 Å². The van der Waals surface area contributed by atoms with Gasteiger partial charge in [0.15, 0.2) is 6.10 Å². The third-order valence-corrected chi connectivity index (χ3v) is 6.37. The Hall–Kier alpha value is -1.20. The summed E-state index contributed by atoms with van der Waals surface area (Å²) in [5.74, 6) is 0. The summed E-state index contributed by atoms with van der Waals surface area (Å²) in [5.41, 5.74) is 0.758. The second kappa shape index (κ2) is 7.81. The average molecular weight is 394 g/mol. The summed E-state index contributed by atoms with van der Waals surface area (Å²) in [4.78, 5) is 1.84. The lowest BCUT2D eigenvalue weighted by Crippen LogP contribution is -2.48. The zero-order valence-corrected chi connectivity index (χ0v) is 14.9. The molecule has 0 saturated carbocycles. The summed E-state index contributed by atoms with van der Waals surface area (Å²) in [6.07, 6.45) is -6.16. The molecule has 0 radical (unpaired) electrons. The van der Waals surface area contributed by atoms with Gasteiger partial charge in [0.05, 0.1) is 24.7 Å². The minimum Gasteiger partial charge on any atom is -0.379 e. The van der Waals surface area contributed by atoms with Crippen molar-refractivity contribution in [2.75, 3.05) is 46.0 Å². The van der Waals surface area contributed by atoms with Crippen LogP contribution >= 0.6 is 0 Å². The third-order valence-electron chi connectivity index (χ3n) is 4.45. The van der Waals surface area contributed by atoms with Crippen LogP contribution in [0.25, 0.3) is 0 Å². The van der Waals surface area contributed by atoms with Crippen LogP contribution in [0.1, 0.15) is 5.56 Å². The first kappa shape index (κ1) is 19.6. The molecule has 0 bridgehead atoms. The molecular weight excluding hydrogens is 373 g/mol. The fourth-order valence-corrected chi connectivity index (χ4v) is 4.41. The lowest BCUT2D eigenvalue weighted by molar-refractivity contribution is -0.237. The number of rotatable bonds is 4. The standard InChI is InChI=1S/C16H21F3N2O4S/c17-16(18,19)15-12-20(5-10-25-15)11-13-1-3-14(4-2-13)26(22,23)21-6-8-24-9-7-21/h1-4,15H,5-12H2/t15-/m1/s1. The molecule has 2 aliphatic heterocycles. The SMILES string of the molecule is O=S(=O)(c1ccc(CN2CCO[C@@H](C(F)(F)F)C2)cc1)N1CCOCC1. The largest absolute Gasteiger partial charge is 0.415 e. The minimum absolute atomic E-state index is 0.0215. The molecule has 1 atom stereocenters. The van der Waals surface area contributed by atoms with E-state index in [9.17, 15) is 21.6 Å². The zero-order chi connectivity index (χ0) is 18.8. The molecule has 26 heavy (non-hydrogen) atoms. The Morgan fingerprint density at radius 1 is 1.04 bits per heavy atom. The van der Waals surface area contributed by atoms with Gasteiger partial charge in [-0.05, 0) is 17.7 Å².